The average Bonchev–Trinajstić information content (AvgIpc) is 2.89. The van der Waals surface area contributed by atoms with Crippen LogP contribution in [-0.2, 0) is 4.74 Å². The van der Waals surface area contributed by atoms with E-state index in [0.717, 1.165) is 6.54 Å². The third kappa shape index (κ3) is 3.39. The predicted molar refractivity (Wildman–Crippen MR) is 81.7 cm³/mol. The number of benzene rings is 1. The lowest BCUT2D eigenvalue weighted by atomic mass is 10.1. The van der Waals surface area contributed by atoms with Gasteiger partial charge in [-0.2, -0.15) is 0 Å². The topological polar surface area (TPSA) is 50.8 Å². The van der Waals surface area contributed by atoms with Gasteiger partial charge in [0.25, 0.3) is 5.91 Å². The van der Waals surface area contributed by atoms with Crippen molar-refractivity contribution >= 4 is 5.91 Å². The van der Waals surface area contributed by atoms with Crippen molar-refractivity contribution in [1.82, 2.24) is 10.2 Å². The first-order valence-electron chi connectivity index (χ1n) is 7.38. The minimum atomic E-state index is -0.593. The maximum absolute atomic E-state index is 14.0. The van der Waals surface area contributed by atoms with Crippen LogP contribution in [0.4, 0.5) is 4.39 Å². The number of likely N-dealkylation sites (tertiary alicyclic amines) is 1. The van der Waals surface area contributed by atoms with Crippen molar-refractivity contribution < 1.29 is 18.7 Å². The fourth-order valence-corrected chi connectivity index (χ4v) is 2.74. The molecule has 1 saturated heterocycles. The Hall–Kier alpha value is -1.66. The summed E-state index contributed by atoms with van der Waals surface area (Å²) < 4.78 is 24.5. The molecule has 1 amide bonds. The Morgan fingerprint density at radius 2 is 2.09 bits per heavy atom. The first-order valence-corrected chi connectivity index (χ1v) is 7.38. The average molecular weight is 310 g/mol. The summed E-state index contributed by atoms with van der Waals surface area (Å²) in [6, 6.07) is 4.52. The molecule has 5 nitrogen and oxygen atoms in total. The Morgan fingerprint density at radius 3 is 2.68 bits per heavy atom. The molecule has 2 rings (SSSR count). The number of halogens is 1. The number of methoxy groups -OCH3 is 2. The third-order valence-electron chi connectivity index (χ3n) is 4.07. The quantitative estimate of drug-likeness (QED) is 0.899. The number of nitrogens with zero attached hydrogens (tertiary/aromatic N) is 1. The molecule has 0 aromatic heterocycles. The van der Waals surface area contributed by atoms with Crippen LogP contribution >= 0.6 is 0 Å². The molecule has 1 aromatic carbocycles. The SMILES string of the molecule is COc1cccc(F)c1C(=O)N[C@@H]1CN(C(C)C)C[C@H]1OC. The predicted octanol–water partition coefficient (Wildman–Crippen LogP) is 1.67. The third-order valence-corrected chi connectivity index (χ3v) is 4.07. The van der Waals surface area contributed by atoms with Gasteiger partial charge in [-0.15, -0.1) is 0 Å². The Kier molecular flexibility index (Phi) is 5.37. The van der Waals surface area contributed by atoms with Gasteiger partial charge in [0.2, 0.25) is 0 Å². The monoisotopic (exact) mass is 310 g/mol. The van der Waals surface area contributed by atoms with Crippen LogP contribution in [0.1, 0.15) is 24.2 Å². The largest absolute Gasteiger partial charge is 0.496 e. The van der Waals surface area contributed by atoms with Gasteiger partial charge >= 0.3 is 0 Å². The molecule has 1 fully saturated rings. The van der Waals surface area contributed by atoms with Crippen molar-refractivity contribution in [1.29, 1.82) is 0 Å². The summed E-state index contributed by atoms with van der Waals surface area (Å²) in [5.74, 6) is -0.845. The van der Waals surface area contributed by atoms with Crippen LogP contribution in [0.15, 0.2) is 18.2 Å². The molecule has 1 aliphatic rings. The molecule has 0 unspecified atom stereocenters. The lowest BCUT2D eigenvalue weighted by molar-refractivity contribution is 0.0749. The molecule has 1 N–H and O–H groups in total. The van der Waals surface area contributed by atoms with E-state index in [9.17, 15) is 9.18 Å². The molecular formula is C16H23FN2O3. The van der Waals surface area contributed by atoms with Crippen LogP contribution < -0.4 is 10.1 Å². The molecule has 0 radical (unpaired) electrons. The van der Waals surface area contributed by atoms with Crippen molar-refractivity contribution in [2.24, 2.45) is 0 Å². The first kappa shape index (κ1) is 16.7. The van der Waals surface area contributed by atoms with Crippen molar-refractivity contribution in [3.63, 3.8) is 0 Å². The highest BCUT2D eigenvalue weighted by Crippen LogP contribution is 2.22. The molecule has 22 heavy (non-hydrogen) atoms. The zero-order valence-corrected chi connectivity index (χ0v) is 13.4. The van der Waals surface area contributed by atoms with E-state index in [0.29, 0.717) is 12.6 Å². The minimum absolute atomic E-state index is 0.0668. The fraction of sp³-hybridized carbons (Fsp3) is 0.562. The van der Waals surface area contributed by atoms with Crippen molar-refractivity contribution in [2.45, 2.75) is 32.0 Å². The number of hydrogen-bond donors (Lipinski definition) is 1. The van der Waals surface area contributed by atoms with Crippen LogP contribution in [0.5, 0.6) is 5.75 Å². The number of carbonyl (C=O) groups is 1. The molecule has 2 atom stereocenters. The highest BCUT2D eigenvalue weighted by molar-refractivity contribution is 5.97. The van der Waals surface area contributed by atoms with Gasteiger partial charge in [-0.05, 0) is 26.0 Å². The second kappa shape index (κ2) is 7.07. The van der Waals surface area contributed by atoms with E-state index < -0.39 is 11.7 Å². The summed E-state index contributed by atoms with van der Waals surface area (Å²) in [4.78, 5) is 14.7. The van der Waals surface area contributed by atoms with Gasteiger partial charge in [-0.1, -0.05) is 6.07 Å². The summed E-state index contributed by atoms with van der Waals surface area (Å²) in [6.45, 7) is 5.61. The van der Waals surface area contributed by atoms with Gasteiger partial charge in [-0.25, -0.2) is 4.39 Å². The molecule has 122 valence electrons. The number of nitrogens with one attached hydrogen (secondary N) is 1. The van der Waals surface area contributed by atoms with Gasteiger partial charge < -0.3 is 14.8 Å². The fourth-order valence-electron chi connectivity index (χ4n) is 2.74. The second-order valence-electron chi connectivity index (χ2n) is 5.72. The van der Waals surface area contributed by atoms with Gasteiger partial charge in [-0.3, -0.25) is 9.69 Å². The molecule has 1 aromatic rings. The Morgan fingerprint density at radius 1 is 1.36 bits per heavy atom. The number of hydrogen-bond acceptors (Lipinski definition) is 4. The molecule has 0 bridgehead atoms. The molecule has 0 spiro atoms. The Bertz CT molecular complexity index is 536. The summed E-state index contributed by atoms with van der Waals surface area (Å²) in [6.07, 6.45) is -0.107. The molecule has 1 aliphatic heterocycles. The van der Waals surface area contributed by atoms with Crippen molar-refractivity contribution in [3.8, 4) is 5.75 Å². The summed E-state index contributed by atoms with van der Waals surface area (Å²) in [5, 5.41) is 2.87. The van der Waals surface area contributed by atoms with Crippen LogP contribution in [-0.4, -0.2) is 56.3 Å². The van der Waals surface area contributed by atoms with E-state index in [1.807, 2.05) is 0 Å². The van der Waals surface area contributed by atoms with E-state index >= 15 is 0 Å². The Balaban J connectivity index is 2.15. The number of amides is 1. The highest BCUT2D eigenvalue weighted by Gasteiger charge is 2.35. The molecular weight excluding hydrogens is 287 g/mol. The van der Waals surface area contributed by atoms with Crippen molar-refractivity contribution in [3.05, 3.63) is 29.6 Å². The lowest BCUT2D eigenvalue weighted by Crippen LogP contribution is -2.44. The lowest BCUT2D eigenvalue weighted by Gasteiger charge is -2.20. The molecule has 1 heterocycles. The molecule has 0 saturated carbocycles. The molecule has 6 heteroatoms. The standard InChI is InChI=1S/C16H23FN2O3/c1-10(2)19-8-12(14(9-19)22-4)18-16(20)15-11(17)6-5-7-13(15)21-3/h5-7,10,12,14H,8-9H2,1-4H3,(H,18,20)/t12-,14-/m1/s1. The summed E-state index contributed by atoms with van der Waals surface area (Å²) in [5.41, 5.74) is -0.0668. The first-order chi connectivity index (χ1) is 10.5. The van der Waals surface area contributed by atoms with Crippen LogP contribution in [0, 0.1) is 5.82 Å². The van der Waals surface area contributed by atoms with Crippen molar-refractivity contribution in [2.75, 3.05) is 27.3 Å². The van der Waals surface area contributed by atoms with E-state index in [-0.39, 0.29) is 23.5 Å². The number of ether oxygens (including phenoxy) is 2. The van der Waals surface area contributed by atoms with E-state index in [2.05, 4.69) is 24.1 Å². The summed E-state index contributed by atoms with van der Waals surface area (Å²) >= 11 is 0. The van der Waals surface area contributed by atoms with Crippen LogP contribution in [0.3, 0.4) is 0 Å². The molecule has 0 aliphatic carbocycles. The Labute approximate surface area is 130 Å². The maximum atomic E-state index is 14.0. The smallest absolute Gasteiger partial charge is 0.258 e. The number of rotatable bonds is 5. The van der Waals surface area contributed by atoms with Gasteiger partial charge in [0, 0.05) is 26.2 Å². The van der Waals surface area contributed by atoms with Gasteiger partial charge in [0.1, 0.15) is 17.1 Å². The van der Waals surface area contributed by atoms with Gasteiger partial charge in [0.05, 0.1) is 19.3 Å². The minimum Gasteiger partial charge on any atom is -0.496 e. The van der Waals surface area contributed by atoms with E-state index in [1.165, 1.54) is 19.2 Å². The van der Waals surface area contributed by atoms with Crippen LogP contribution in [0.2, 0.25) is 0 Å². The number of carbonyl (C=O) groups excluding carboxylic acids is 1. The van der Waals surface area contributed by atoms with Crippen LogP contribution in [0.25, 0.3) is 0 Å². The zero-order valence-electron chi connectivity index (χ0n) is 13.4. The van der Waals surface area contributed by atoms with E-state index in [1.54, 1.807) is 13.2 Å². The summed E-state index contributed by atoms with van der Waals surface area (Å²) in [7, 11) is 3.04. The van der Waals surface area contributed by atoms with E-state index in [4.69, 9.17) is 9.47 Å². The second-order valence-corrected chi connectivity index (χ2v) is 5.72. The maximum Gasteiger partial charge on any atom is 0.258 e. The zero-order chi connectivity index (χ0) is 16.3. The highest BCUT2D eigenvalue weighted by atomic mass is 19.1. The normalized spacial score (nSPS) is 22.1. The van der Waals surface area contributed by atoms with Gasteiger partial charge in [0.15, 0.2) is 0 Å².